The van der Waals surface area contributed by atoms with Gasteiger partial charge in [-0.15, -0.1) is 0 Å². The van der Waals surface area contributed by atoms with Gasteiger partial charge in [-0.05, 0) is 25.1 Å². The summed E-state index contributed by atoms with van der Waals surface area (Å²) < 4.78 is 18.6. The lowest BCUT2D eigenvalue weighted by atomic mass is 10.1. The third kappa shape index (κ3) is 3.54. The van der Waals surface area contributed by atoms with E-state index in [4.69, 9.17) is 4.74 Å². The van der Waals surface area contributed by atoms with Gasteiger partial charge in [0.15, 0.2) is 0 Å². The smallest absolute Gasteiger partial charge is 0.254 e. The number of halogens is 1. The van der Waals surface area contributed by atoms with Crippen molar-refractivity contribution in [2.24, 2.45) is 0 Å². The number of carbonyl (C=O) groups excluding carboxylic acids is 1. The summed E-state index contributed by atoms with van der Waals surface area (Å²) in [5.41, 5.74) is 1.20. The summed E-state index contributed by atoms with van der Waals surface area (Å²) in [4.78, 5) is 11.9. The van der Waals surface area contributed by atoms with E-state index in [1.54, 1.807) is 6.07 Å². The molecule has 0 aromatic heterocycles. The monoisotopic (exact) mass is 264 g/mol. The van der Waals surface area contributed by atoms with Crippen molar-refractivity contribution in [2.75, 3.05) is 26.7 Å². The molecule has 19 heavy (non-hydrogen) atoms. The molecule has 1 aliphatic heterocycles. The van der Waals surface area contributed by atoms with Crippen LogP contribution in [0.4, 0.5) is 4.39 Å². The molecule has 0 saturated carbocycles. The van der Waals surface area contributed by atoms with Crippen LogP contribution < -0.4 is 15.4 Å². The second kappa shape index (κ2) is 6.33. The highest BCUT2D eigenvalue weighted by Crippen LogP contribution is 2.16. The molecule has 1 amide bonds. The maximum Gasteiger partial charge on any atom is 0.254 e. The average molecular weight is 264 g/mol. The normalized spacial score (nSPS) is 14.7. The molecule has 1 aromatic carbocycles. The fraction of sp³-hybridized carbons (Fsp3) is 0.357. The van der Waals surface area contributed by atoms with Crippen LogP contribution in [0.25, 0.3) is 0 Å². The van der Waals surface area contributed by atoms with Gasteiger partial charge in [0.1, 0.15) is 11.6 Å². The molecule has 0 aliphatic carbocycles. The quantitative estimate of drug-likeness (QED) is 0.810. The molecular weight excluding hydrogens is 247 g/mol. The predicted molar refractivity (Wildman–Crippen MR) is 70.9 cm³/mol. The Hall–Kier alpha value is -1.88. The molecular formula is C14H17FN2O2. The van der Waals surface area contributed by atoms with Gasteiger partial charge in [-0.2, -0.15) is 0 Å². The van der Waals surface area contributed by atoms with Crippen LogP contribution in [-0.4, -0.2) is 32.7 Å². The number of hydrogen-bond donors (Lipinski definition) is 2. The Kier molecular flexibility index (Phi) is 4.52. The summed E-state index contributed by atoms with van der Waals surface area (Å²) in [5, 5.41) is 5.92. The van der Waals surface area contributed by atoms with Crippen LogP contribution in [0.3, 0.4) is 0 Å². The molecule has 1 aromatic rings. The largest absolute Gasteiger partial charge is 0.497 e. The summed E-state index contributed by atoms with van der Waals surface area (Å²) in [6, 6.07) is 4.21. The van der Waals surface area contributed by atoms with E-state index in [2.05, 4.69) is 10.6 Å². The van der Waals surface area contributed by atoms with Crippen molar-refractivity contribution in [3.05, 3.63) is 41.2 Å². The lowest BCUT2D eigenvalue weighted by Crippen LogP contribution is -2.30. The Morgan fingerprint density at radius 2 is 2.37 bits per heavy atom. The van der Waals surface area contributed by atoms with Crippen LogP contribution >= 0.6 is 0 Å². The first kappa shape index (κ1) is 13.5. The molecule has 5 heteroatoms. The number of nitrogens with one attached hydrogen (secondary N) is 2. The van der Waals surface area contributed by atoms with Crippen molar-refractivity contribution >= 4 is 5.91 Å². The fourth-order valence-corrected chi connectivity index (χ4v) is 1.93. The summed E-state index contributed by atoms with van der Waals surface area (Å²) in [7, 11) is 1.46. The third-order valence-corrected chi connectivity index (χ3v) is 3.05. The Morgan fingerprint density at radius 1 is 1.53 bits per heavy atom. The van der Waals surface area contributed by atoms with Gasteiger partial charge in [0.2, 0.25) is 0 Å². The first-order valence-electron chi connectivity index (χ1n) is 6.21. The first-order valence-corrected chi connectivity index (χ1v) is 6.21. The SMILES string of the molecule is COc1ccc(C(=O)NCC2=CCNCC2)c(F)c1. The number of benzene rings is 1. The van der Waals surface area contributed by atoms with E-state index in [9.17, 15) is 9.18 Å². The maximum absolute atomic E-state index is 13.7. The highest BCUT2D eigenvalue weighted by atomic mass is 19.1. The molecule has 4 nitrogen and oxygen atoms in total. The molecule has 0 radical (unpaired) electrons. The Bertz CT molecular complexity index is 500. The zero-order valence-electron chi connectivity index (χ0n) is 10.8. The molecule has 0 bridgehead atoms. The molecule has 0 saturated heterocycles. The van der Waals surface area contributed by atoms with E-state index in [0.717, 1.165) is 19.5 Å². The van der Waals surface area contributed by atoms with Crippen LogP contribution in [0.1, 0.15) is 16.8 Å². The van der Waals surface area contributed by atoms with Gasteiger partial charge >= 0.3 is 0 Å². The Balaban J connectivity index is 1.97. The zero-order chi connectivity index (χ0) is 13.7. The minimum absolute atomic E-state index is 0.0373. The topological polar surface area (TPSA) is 50.4 Å². The second-order valence-electron chi connectivity index (χ2n) is 4.34. The first-order chi connectivity index (χ1) is 9.20. The Morgan fingerprint density at radius 3 is 3.00 bits per heavy atom. The van der Waals surface area contributed by atoms with Crippen LogP contribution in [0.2, 0.25) is 0 Å². The highest BCUT2D eigenvalue weighted by Gasteiger charge is 2.13. The fourth-order valence-electron chi connectivity index (χ4n) is 1.93. The minimum Gasteiger partial charge on any atom is -0.497 e. The van der Waals surface area contributed by atoms with Gasteiger partial charge in [-0.1, -0.05) is 11.6 Å². The summed E-state index contributed by atoms with van der Waals surface area (Å²) >= 11 is 0. The minimum atomic E-state index is -0.573. The van der Waals surface area contributed by atoms with Gasteiger partial charge in [-0.3, -0.25) is 4.79 Å². The number of rotatable bonds is 4. The number of methoxy groups -OCH3 is 1. The van der Waals surface area contributed by atoms with Crippen molar-refractivity contribution in [1.82, 2.24) is 10.6 Å². The number of ether oxygens (including phenoxy) is 1. The second-order valence-corrected chi connectivity index (χ2v) is 4.34. The summed E-state index contributed by atoms with van der Waals surface area (Å²) in [6.07, 6.45) is 2.96. The van der Waals surface area contributed by atoms with E-state index < -0.39 is 11.7 Å². The predicted octanol–water partition coefficient (Wildman–Crippen LogP) is 1.48. The van der Waals surface area contributed by atoms with Crippen molar-refractivity contribution in [2.45, 2.75) is 6.42 Å². The molecule has 1 aliphatic rings. The van der Waals surface area contributed by atoms with E-state index in [1.165, 1.54) is 24.8 Å². The van der Waals surface area contributed by atoms with Crippen molar-refractivity contribution in [3.63, 3.8) is 0 Å². The standard InChI is InChI=1S/C14H17FN2O2/c1-19-11-2-3-12(13(15)8-11)14(18)17-9-10-4-6-16-7-5-10/h2-4,8,16H,5-7,9H2,1H3,(H,17,18). The number of amides is 1. The zero-order valence-corrected chi connectivity index (χ0v) is 10.8. The number of carbonyl (C=O) groups is 1. The van der Waals surface area contributed by atoms with Crippen LogP contribution in [-0.2, 0) is 0 Å². The van der Waals surface area contributed by atoms with E-state index >= 15 is 0 Å². The van der Waals surface area contributed by atoms with Crippen molar-refractivity contribution in [3.8, 4) is 5.75 Å². The molecule has 0 fully saturated rings. The number of hydrogen-bond acceptors (Lipinski definition) is 3. The molecule has 0 unspecified atom stereocenters. The molecule has 102 valence electrons. The maximum atomic E-state index is 13.7. The molecule has 0 spiro atoms. The average Bonchev–Trinajstić information content (AvgIpc) is 2.45. The lowest BCUT2D eigenvalue weighted by molar-refractivity contribution is 0.0952. The van der Waals surface area contributed by atoms with Gasteiger partial charge in [0.25, 0.3) is 5.91 Å². The van der Waals surface area contributed by atoms with Crippen molar-refractivity contribution < 1.29 is 13.9 Å². The van der Waals surface area contributed by atoms with Crippen molar-refractivity contribution in [1.29, 1.82) is 0 Å². The van der Waals surface area contributed by atoms with E-state index in [-0.39, 0.29) is 5.56 Å². The van der Waals surface area contributed by atoms with E-state index in [1.807, 2.05) is 6.08 Å². The van der Waals surface area contributed by atoms with Crippen LogP contribution in [0.5, 0.6) is 5.75 Å². The van der Waals surface area contributed by atoms with Crippen LogP contribution in [0.15, 0.2) is 29.8 Å². The summed E-state index contributed by atoms with van der Waals surface area (Å²) in [6.45, 7) is 2.20. The molecule has 0 atom stereocenters. The van der Waals surface area contributed by atoms with Gasteiger partial charge in [0, 0.05) is 19.2 Å². The highest BCUT2D eigenvalue weighted by molar-refractivity contribution is 5.94. The molecule has 1 heterocycles. The lowest BCUT2D eigenvalue weighted by Gasteiger charge is -2.14. The van der Waals surface area contributed by atoms with Gasteiger partial charge < -0.3 is 15.4 Å². The van der Waals surface area contributed by atoms with Gasteiger partial charge in [-0.25, -0.2) is 4.39 Å². The molecule has 2 rings (SSSR count). The van der Waals surface area contributed by atoms with E-state index in [0.29, 0.717) is 12.3 Å². The van der Waals surface area contributed by atoms with Crippen LogP contribution in [0, 0.1) is 5.82 Å². The Labute approximate surface area is 111 Å². The van der Waals surface area contributed by atoms with Gasteiger partial charge in [0.05, 0.1) is 12.7 Å². The summed E-state index contributed by atoms with van der Waals surface area (Å²) in [5.74, 6) is -0.578. The molecule has 2 N–H and O–H groups in total. The third-order valence-electron chi connectivity index (χ3n) is 3.05.